The van der Waals surface area contributed by atoms with E-state index in [9.17, 15) is 4.79 Å². The SMILES string of the molecule is CCN(CC)C(=O)CNc1cc(Br)cc(C#N)c1. The number of rotatable bonds is 5. The molecular formula is C13H16BrN3O. The molecule has 0 radical (unpaired) electrons. The molecule has 1 aromatic carbocycles. The second kappa shape index (κ2) is 7.02. The third-order valence-electron chi connectivity index (χ3n) is 2.59. The zero-order chi connectivity index (χ0) is 13.5. The molecule has 5 heteroatoms. The molecule has 0 aliphatic rings. The third kappa shape index (κ3) is 4.04. The Hall–Kier alpha value is -1.54. The summed E-state index contributed by atoms with van der Waals surface area (Å²) < 4.78 is 0.819. The zero-order valence-corrected chi connectivity index (χ0v) is 12.1. The van der Waals surface area contributed by atoms with Crippen LogP contribution in [0, 0.1) is 11.3 Å². The van der Waals surface area contributed by atoms with Crippen molar-refractivity contribution in [2.75, 3.05) is 25.0 Å². The Morgan fingerprint density at radius 1 is 1.39 bits per heavy atom. The van der Waals surface area contributed by atoms with Crippen molar-refractivity contribution in [3.63, 3.8) is 0 Å². The molecule has 1 N–H and O–H groups in total. The second-order valence-electron chi connectivity index (χ2n) is 3.76. The first-order chi connectivity index (χ1) is 8.60. The first-order valence-corrected chi connectivity index (χ1v) is 6.62. The van der Waals surface area contributed by atoms with Gasteiger partial charge in [-0.15, -0.1) is 0 Å². The number of nitrogens with one attached hydrogen (secondary N) is 1. The van der Waals surface area contributed by atoms with Crippen LogP contribution in [0.3, 0.4) is 0 Å². The van der Waals surface area contributed by atoms with E-state index in [1.165, 1.54) is 0 Å². The van der Waals surface area contributed by atoms with Crippen molar-refractivity contribution >= 4 is 27.5 Å². The monoisotopic (exact) mass is 309 g/mol. The lowest BCUT2D eigenvalue weighted by atomic mass is 10.2. The van der Waals surface area contributed by atoms with Crippen molar-refractivity contribution in [2.24, 2.45) is 0 Å². The van der Waals surface area contributed by atoms with E-state index in [1.54, 1.807) is 17.0 Å². The van der Waals surface area contributed by atoms with Crippen molar-refractivity contribution in [1.82, 2.24) is 4.90 Å². The molecule has 0 saturated heterocycles. The lowest BCUT2D eigenvalue weighted by Crippen LogP contribution is -2.35. The van der Waals surface area contributed by atoms with Gasteiger partial charge in [-0.25, -0.2) is 0 Å². The van der Waals surface area contributed by atoms with Crippen LogP contribution in [-0.2, 0) is 4.79 Å². The summed E-state index contributed by atoms with van der Waals surface area (Å²) in [5.41, 5.74) is 1.32. The normalized spacial score (nSPS) is 9.67. The fourth-order valence-corrected chi connectivity index (χ4v) is 2.12. The molecule has 0 aliphatic heterocycles. The molecule has 0 aromatic heterocycles. The standard InChI is InChI=1S/C13H16BrN3O/c1-3-17(4-2)13(18)9-16-12-6-10(8-15)5-11(14)7-12/h5-7,16H,3-4,9H2,1-2H3. The summed E-state index contributed by atoms with van der Waals surface area (Å²) in [6, 6.07) is 7.38. The molecule has 96 valence electrons. The van der Waals surface area contributed by atoms with Gasteiger partial charge in [0.15, 0.2) is 0 Å². The number of nitriles is 1. The van der Waals surface area contributed by atoms with Crippen LogP contribution in [0.2, 0.25) is 0 Å². The maximum Gasteiger partial charge on any atom is 0.241 e. The fraction of sp³-hybridized carbons (Fsp3) is 0.385. The molecule has 4 nitrogen and oxygen atoms in total. The lowest BCUT2D eigenvalue weighted by Gasteiger charge is -2.19. The molecule has 1 amide bonds. The minimum Gasteiger partial charge on any atom is -0.376 e. The van der Waals surface area contributed by atoms with Gasteiger partial charge >= 0.3 is 0 Å². The Kier molecular flexibility index (Phi) is 5.66. The second-order valence-corrected chi connectivity index (χ2v) is 4.68. The summed E-state index contributed by atoms with van der Waals surface area (Å²) in [5, 5.41) is 11.9. The van der Waals surface area contributed by atoms with Crippen LogP contribution in [0.15, 0.2) is 22.7 Å². The number of halogens is 1. The molecule has 0 atom stereocenters. The van der Waals surface area contributed by atoms with Crippen molar-refractivity contribution in [3.05, 3.63) is 28.2 Å². The summed E-state index contributed by atoms with van der Waals surface area (Å²) in [4.78, 5) is 13.6. The Morgan fingerprint density at radius 3 is 2.61 bits per heavy atom. The minimum atomic E-state index is 0.0542. The van der Waals surface area contributed by atoms with Gasteiger partial charge in [0.25, 0.3) is 0 Å². The van der Waals surface area contributed by atoms with Crippen LogP contribution in [0.4, 0.5) is 5.69 Å². The molecule has 0 heterocycles. The number of likely N-dealkylation sites (N-methyl/N-ethyl adjacent to an activating group) is 1. The number of benzene rings is 1. The zero-order valence-electron chi connectivity index (χ0n) is 10.5. The Balaban J connectivity index is 2.66. The van der Waals surface area contributed by atoms with Gasteiger partial charge in [-0.05, 0) is 32.0 Å². The average Bonchev–Trinajstić information content (AvgIpc) is 2.37. The fourth-order valence-electron chi connectivity index (χ4n) is 1.62. The molecule has 0 aliphatic carbocycles. The molecule has 0 spiro atoms. The van der Waals surface area contributed by atoms with E-state index < -0.39 is 0 Å². The summed E-state index contributed by atoms with van der Waals surface area (Å²) in [7, 11) is 0. The highest BCUT2D eigenvalue weighted by Gasteiger charge is 2.09. The first-order valence-electron chi connectivity index (χ1n) is 5.83. The molecule has 0 bridgehead atoms. The van der Waals surface area contributed by atoms with Crippen molar-refractivity contribution in [3.8, 4) is 6.07 Å². The van der Waals surface area contributed by atoms with Crippen LogP contribution in [-0.4, -0.2) is 30.4 Å². The van der Waals surface area contributed by atoms with Crippen LogP contribution in [0.5, 0.6) is 0 Å². The van der Waals surface area contributed by atoms with Crippen LogP contribution in [0.1, 0.15) is 19.4 Å². The van der Waals surface area contributed by atoms with Gasteiger partial charge in [0.05, 0.1) is 18.2 Å². The molecular weight excluding hydrogens is 294 g/mol. The number of carbonyl (C=O) groups excluding carboxylic acids is 1. The van der Waals surface area contributed by atoms with Crippen LogP contribution < -0.4 is 5.32 Å². The van der Waals surface area contributed by atoms with E-state index in [1.807, 2.05) is 19.9 Å². The molecule has 0 unspecified atom stereocenters. The summed E-state index contributed by atoms with van der Waals surface area (Å²) in [5.74, 6) is 0.0542. The lowest BCUT2D eigenvalue weighted by molar-refractivity contribution is -0.128. The predicted molar refractivity (Wildman–Crippen MR) is 75.3 cm³/mol. The largest absolute Gasteiger partial charge is 0.376 e. The summed E-state index contributed by atoms with van der Waals surface area (Å²) in [6.07, 6.45) is 0. The highest BCUT2D eigenvalue weighted by atomic mass is 79.9. The number of anilines is 1. The number of hydrogen-bond donors (Lipinski definition) is 1. The summed E-state index contributed by atoms with van der Waals surface area (Å²) >= 11 is 3.33. The van der Waals surface area contributed by atoms with E-state index in [2.05, 4.69) is 27.3 Å². The van der Waals surface area contributed by atoms with Gasteiger partial charge in [0.2, 0.25) is 5.91 Å². The number of amides is 1. The molecule has 18 heavy (non-hydrogen) atoms. The number of carbonyl (C=O) groups is 1. The Bertz CT molecular complexity index is 464. The van der Waals surface area contributed by atoms with E-state index >= 15 is 0 Å². The molecule has 1 aromatic rings. The molecule has 0 saturated carbocycles. The van der Waals surface area contributed by atoms with Gasteiger partial charge in [-0.3, -0.25) is 4.79 Å². The predicted octanol–water partition coefficient (Wildman–Crippen LogP) is 2.60. The van der Waals surface area contributed by atoms with E-state index in [4.69, 9.17) is 5.26 Å². The van der Waals surface area contributed by atoms with Crippen molar-refractivity contribution < 1.29 is 4.79 Å². The van der Waals surface area contributed by atoms with Crippen LogP contribution in [0.25, 0.3) is 0 Å². The van der Waals surface area contributed by atoms with Gasteiger partial charge in [-0.2, -0.15) is 5.26 Å². The molecule has 1 rings (SSSR count). The van der Waals surface area contributed by atoms with E-state index in [-0.39, 0.29) is 12.5 Å². The Morgan fingerprint density at radius 2 is 2.06 bits per heavy atom. The van der Waals surface area contributed by atoms with Gasteiger partial charge in [0, 0.05) is 23.2 Å². The highest BCUT2D eigenvalue weighted by molar-refractivity contribution is 9.10. The topological polar surface area (TPSA) is 56.1 Å². The Labute approximate surface area is 116 Å². The van der Waals surface area contributed by atoms with Gasteiger partial charge in [-0.1, -0.05) is 15.9 Å². The van der Waals surface area contributed by atoms with Crippen molar-refractivity contribution in [2.45, 2.75) is 13.8 Å². The van der Waals surface area contributed by atoms with Crippen LogP contribution >= 0.6 is 15.9 Å². The van der Waals surface area contributed by atoms with E-state index in [0.717, 1.165) is 10.2 Å². The van der Waals surface area contributed by atoms with E-state index in [0.29, 0.717) is 18.7 Å². The smallest absolute Gasteiger partial charge is 0.241 e. The number of nitrogens with zero attached hydrogens (tertiary/aromatic N) is 2. The quantitative estimate of drug-likeness (QED) is 0.909. The average molecular weight is 310 g/mol. The van der Waals surface area contributed by atoms with Crippen molar-refractivity contribution in [1.29, 1.82) is 5.26 Å². The number of hydrogen-bond acceptors (Lipinski definition) is 3. The van der Waals surface area contributed by atoms with Gasteiger partial charge < -0.3 is 10.2 Å². The first kappa shape index (κ1) is 14.5. The highest BCUT2D eigenvalue weighted by Crippen LogP contribution is 2.19. The van der Waals surface area contributed by atoms with Gasteiger partial charge in [0.1, 0.15) is 0 Å². The maximum atomic E-state index is 11.8. The summed E-state index contributed by atoms with van der Waals surface area (Å²) in [6.45, 7) is 5.56. The third-order valence-corrected chi connectivity index (χ3v) is 3.04. The molecule has 0 fully saturated rings. The maximum absolute atomic E-state index is 11.8. The minimum absolute atomic E-state index is 0.0542.